The zero-order chi connectivity index (χ0) is 18.2. The van der Waals surface area contributed by atoms with E-state index in [-0.39, 0.29) is 16.7 Å². The molecule has 3 N–H and O–H groups in total. The number of hydrogen-bond donors (Lipinski definition) is 3. The van der Waals surface area contributed by atoms with E-state index >= 15 is 0 Å². The molecule has 0 heterocycles. The Morgan fingerprint density at radius 1 is 0.667 bits per heavy atom. The smallest absolute Gasteiger partial charge is 0.330 e. The predicted octanol–water partition coefficient (Wildman–Crippen LogP) is 2.90. The summed E-state index contributed by atoms with van der Waals surface area (Å²) in [6.07, 6.45) is 0. The van der Waals surface area contributed by atoms with Crippen molar-refractivity contribution in [2.24, 2.45) is 0 Å². The van der Waals surface area contributed by atoms with Gasteiger partial charge in [-0.1, -0.05) is 32.9 Å². The lowest BCUT2D eigenvalue weighted by Crippen LogP contribution is -1.92. The van der Waals surface area contributed by atoms with Crippen LogP contribution in [0, 0.1) is 0 Å². The summed E-state index contributed by atoms with van der Waals surface area (Å²) < 4.78 is 0. The van der Waals surface area contributed by atoms with Crippen LogP contribution in [0.15, 0.2) is 55.3 Å². The summed E-state index contributed by atoms with van der Waals surface area (Å²) in [4.78, 5) is 28.8. The molecule has 0 rings (SSSR count). The van der Waals surface area contributed by atoms with Gasteiger partial charge >= 0.3 is 17.9 Å². The molecule has 0 aromatic rings. The van der Waals surface area contributed by atoms with E-state index in [0.717, 1.165) is 0 Å². The van der Waals surface area contributed by atoms with Gasteiger partial charge in [-0.2, -0.15) is 0 Å². The van der Waals surface area contributed by atoms with E-state index in [1.165, 1.54) is 20.8 Å². The van der Waals surface area contributed by atoms with E-state index in [0.29, 0.717) is 0 Å². The second-order valence-electron chi connectivity index (χ2n) is 3.51. The first-order chi connectivity index (χ1) is 9.34. The van der Waals surface area contributed by atoms with Gasteiger partial charge in [0, 0.05) is 16.7 Å². The zero-order valence-electron chi connectivity index (χ0n) is 12.6. The molecule has 0 saturated heterocycles. The van der Waals surface area contributed by atoms with Crippen LogP contribution in [0.3, 0.4) is 0 Å². The van der Waals surface area contributed by atoms with E-state index in [9.17, 15) is 14.4 Å². The molecule has 0 aromatic carbocycles. The maximum absolute atomic E-state index is 9.60. The summed E-state index contributed by atoms with van der Waals surface area (Å²) in [6.45, 7) is 20.1. The maximum atomic E-state index is 9.60. The number of rotatable bonds is 3. The van der Waals surface area contributed by atoms with Gasteiger partial charge in [-0.15, -0.1) is 5.73 Å². The van der Waals surface area contributed by atoms with E-state index in [1.807, 2.05) is 0 Å². The van der Waals surface area contributed by atoms with Crippen LogP contribution in [0.1, 0.15) is 20.8 Å². The Kier molecular flexibility index (Phi) is 21.8. The van der Waals surface area contributed by atoms with Gasteiger partial charge in [0.1, 0.15) is 0 Å². The van der Waals surface area contributed by atoms with Crippen molar-refractivity contribution in [1.82, 2.24) is 0 Å². The third-order valence-corrected chi connectivity index (χ3v) is 1.10. The average molecular weight is 298 g/mol. The van der Waals surface area contributed by atoms with Gasteiger partial charge in [0.15, 0.2) is 0 Å². The largest absolute Gasteiger partial charge is 0.478 e. The van der Waals surface area contributed by atoms with Gasteiger partial charge in [0.25, 0.3) is 0 Å². The van der Waals surface area contributed by atoms with Crippen molar-refractivity contribution >= 4 is 17.9 Å². The summed E-state index contributed by atoms with van der Waals surface area (Å²) in [7, 11) is 0. The van der Waals surface area contributed by atoms with Crippen molar-refractivity contribution in [2.45, 2.75) is 20.8 Å². The topological polar surface area (TPSA) is 112 Å². The van der Waals surface area contributed by atoms with E-state index in [1.54, 1.807) is 0 Å². The second kappa shape index (κ2) is 17.2. The summed E-state index contributed by atoms with van der Waals surface area (Å²) in [5, 5.41) is 23.7. The first-order valence-electron chi connectivity index (χ1n) is 5.30. The van der Waals surface area contributed by atoms with Gasteiger partial charge < -0.3 is 15.3 Å². The molecule has 118 valence electrons. The number of carbonyl (C=O) groups is 3. The Balaban J connectivity index is -0.0000000944. The third kappa shape index (κ3) is 47.0. The fourth-order valence-electron chi connectivity index (χ4n) is 0. The fraction of sp³-hybridized carbons (Fsp3) is 0.200. The first-order valence-corrected chi connectivity index (χ1v) is 5.30. The lowest BCUT2D eigenvalue weighted by Gasteiger charge is -1.79. The molecule has 0 unspecified atom stereocenters. The molecular weight excluding hydrogens is 276 g/mol. The lowest BCUT2D eigenvalue weighted by atomic mass is 10.4. The highest BCUT2D eigenvalue weighted by atomic mass is 16.4. The minimum atomic E-state index is -0.935. The number of hydrogen-bond acceptors (Lipinski definition) is 3. The Hall–Kier alpha value is -2.85. The molecule has 0 radical (unpaired) electrons. The molecular formula is C15H22O6. The van der Waals surface area contributed by atoms with Gasteiger partial charge in [-0.3, -0.25) is 0 Å². The maximum Gasteiger partial charge on any atom is 0.330 e. The predicted molar refractivity (Wildman–Crippen MR) is 82.1 cm³/mol. The van der Waals surface area contributed by atoms with Gasteiger partial charge in [0.2, 0.25) is 0 Å². The molecule has 0 amide bonds. The minimum absolute atomic E-state index is 0.176. The van der Waals surface area contributed by atoms with Crippen LogP contribution in [0.2, 0.25) is 0 Å². The Morgan fingerprint density at radius 3 is 0.714 bits per heavy atom. The quantitative estimate of drug-likeness (QED) is 0.545. The van der Waals surface area contributed by atoms with Gasteiger partial charge in [-0.05, 0) is 20.8 Å². The number of carboxylic acid groups (broad SMARTS) is 3. The highest BCUT2D eigenvalue weighted by molar-refractivity contribution is 5.85. The van der Waals surface area contributed by atoms with Crippen molar-refractivity contribution in [3.8, 4) is 0 Å². The van der Waals surface area contributed by atoms with Gasteiger partial charge in [0.05, 0.1) is 0 Å². The van der Waals surface area contributed by atoms with Crippen LogP contribution >= 0.6 is 0 Å². The van der Waals surface area contributed by atoms with E-state index in [2.05, 4.69) is 38.6 Å². The number of carboxylic acids is 3. The van der Waals surface area contributed by atoms with Crippen LogP contribution < -0.4 is 0 Å². The first kappa shape index (κ1) is 26.7. The number of aliphatic carboxylic acids is 3. The van der Waals surface area contributed by atoms with Crippen LogP contribution in [0.25, 0.3) is 0 Å². The molecule has 21 heavy (non-hydrogen) atoms. The summed E-state index contributed by atoms with van der Waals surface area (Å²) in [5.74, 6) is -2.81. The SMILES string of the molecule is C=C(C)C(=O)O.C=C(C)C(=O)O.C=C(C)C(=O)O.C=C=C. The van der Waals surface area contributed by atoms with Crippen molar-refractivity contribution in [3.63, 3.8) is 0 Å². The monoisotopic (exact) mass is 298 g/mol. The van der Waals surface area contributed by atoms with Crippen molar-refractivity contribution in [3.05, 3.63) is 55.3 Å². The van der Waals surface area contributed by atoms with Gasteiger partial charge in [-0.25, -0.2) is 14.4 Å². The Labute approximate surface area is 124 Å². The zero-order valence-corrected chi connectivity index (χ0v) is 12.6. The lowest BCUT2D eigenvalue weighted by molar-refractivity contribution is -0.133. The Bertz CT molecular complexity index is 344. The molecule has 6 heteroatoms. The summed E-state index contributed by atoms with van der Waals surface area (Å²) in [6, 6.07) is 0. The van der Waals surface area contributed by atoms with Crippen molar-refractivity contribution in [1.29, 1.82) is 0 Å². The van der Waals surface area contributed by atoms with Crippen LogP contribution in [0.5, 0.6) is 0 Å². The highest BCUT2D eigenvalue weighted by Crippen LogP contribution is 1.82. The average Bonchev–Trinajstić information content (AvgIpc) is 2.30. The third-order valence-electron chi connectivity index (χ3n) is 1.10. The molecule has 0 aliphatic rings. The van der Waals surface area contributed by atoms with Crippen LogP contribution in [-0.4, -0.2) is 33.2 Å². The van der Waals surface area contributed by atoms with E-state index < -0.39 is 17.9 Å². The molecule has 0 bridgehead atoms. The van der Waals surface area contributed by atoms with Crippen LogP contribution in [-0.2, 0) is 14.4 Å². The molecule has 0 aliphatic carbocycles. The fourth-order valence-corrected chi connectivity index (χ4v) is 0. The normalized spacial score (nSPS) is 6.81. The minimum Gasteiger partial charge on any atom is -0.478 e. The highest BCUT2D eigenvalue weighted by Gasteiger charge is 1.91. The second-order valence-corrected chi connectivity index (χ2v) is 3.51. The van der Waals surface area contributed by atoms with Crippen molar-refractivity contribution < 1.29 is 29.7 Å². The molecule has 0 aromatic heterocycles. The molecule has 0 atom stereocenters. The van der Waals surface area contributed by atoms with Crippen LogP contribution in [0.4, 0.5) is 0 Å². The summed E-state index contributed by atoms with van der Waals surface area (Å²) >= 11 is 0. The van der Waals surface area contributed by atoms with E-state index in [4.69, 9.17) is 15.3 Å². The Morgan fingerprint density at radius 2 is 0.714 bits per heavy atom. The molecule has 0 saturated carbocycles. The summed E-state index contributed by atoms with van der Waals surface area (Å²) in [5.41, 5.74) is 2.78. The standard InChI is InChI=1S/3C4H6O2.C3H4/c3*1-3(2)4(5)6;1-3-2/h3*1H2,2H3,(H,5,6);1-2H2. The molecule has 0 fully saturated rings. The molecule has 0 aliphatic heterocycles. The van der Waals surface area contributed by atoms with Crippen molar-refractivity contribution in [2.75, 3.05) is 0 Å². The molecule has 6 nitrogen and oxygen atoms in total. The molecule has 0 spiro atoms.